The molecule has 3 rings (SSSR count). The van der Waals surface area contributed by atoms with Crippen molar-refractivity contribution in [3.63, 3.8) is 0 Å². The minimum atomic E-state index is -0.492. The zero-order chi connectivity index (χ0) is 19.2. The molecule has 1 fully saturated rings. The number of fused-ring (bicyclic) bond motifs is 1. The van der Waals surface area contributed by atoms with Gasteiger partial charge in [0, 0.05) is 23.7 Å². The molecule has 148 valence electrons. The summed E-state index contributed by atoms with van der Waals surface area (Å²) in [4.78, 5) is 23.7. The first-order valence-corrected chi connectivity index (χ1v) is 9.68. The Hall–Kier alpha value is -1.99. The van der Waals surface area contributed by atoms with Crippen molar-refractivity contribution in [1.82, 2.24) is 10.6 Å². The lowest BCUT2D eigenvalue weighted by atomic mass is 9.85. The number of benzene rings is 1. The fourth-order valence-corrected chi connectivity index (χ4v) is 3.84. The van der Waals surface area contributed by atoms with Gasteiger partial charge in [-0.2, -0.15) is 0 Å². The Bertz CT molecular complexity index is 697. The van der Waals surface area contributed by atoms with E-state index in [0.717, 1.165) is 25.7 Å². The lowest BCUT2D eigenvalue weighted by molar-refractivity contribution is -0.125. The summed E-state index contributed by atoms with van der Waals surface area (Å²) in [5, 5.41) is 15.1. The third-order valence-corrected chi connectivity index (χ3v) is 5.29. The standard InChI is InChI=1S/C19H25ClN2O5/c20-15-9-17-16(26-4-5-27-17)7-13(15)8-18(24)21-10-12-2-1-3-14(6-12)22-19(25)11-23/h7,9,12,14,23H,1-6,8,10-11H2,(H,21,24)(H,22,25)/t12-,14+/m1/s1. The van der Waals surface area contributed by atoms with E-state index < -0.39 is 6.61 Å². The first-order valence-electron chi connectivity index (χ1n) is 9.30. The Morgan fingerprint density at radius 3 is 2.63 bits per heavy atom. The average Bonchev–Trinajstić information content (AvgIpc) is 2.67. The molecule has 1 aromatic carbocycles. The first kappa shape index (κ1) is 19.8. The molecule has 8 heteroatoms. The van der Waals surface area contributed by atoms with Crippen LogP contribution in [0.5, 0.6) is 11.5 Å². The van der Waals surface area contributed by atoms with Crippen LogP contribution in [0.25, 0.3) is 0 Å². The predicted molar refractivity (Wildman–Crippen MR) is 100 cm³/mol. The molecule has 27 heavy (non-hydrogen) atoms. The molecule has 0 bridgehead atoms. The van der Waals surface area contributed by atoms with E-state index in [4.69, 9.17) is 26.2 Å². The minimum Gasteiger partial charge on any atom is -0.486 e. The van der Waals surface area contributed by atoms with Gasteiger partial charge >= 0.3 is 0 Å². The molecule has 7 nitrogen and oxygen atoms in total. The molecule has 0 aromatic heterocycles. The molecule has 1 heterocycles. The number of halogens is 1. The van der Waals surface area contributed by atoms with Crippen molar-refractivity contribution in [3.05, 3.63) is 22.7 Å². The second kappa shape index (κ2) is 9.28. The summed E-state index contributed by atoms with van der Waals surface area (Å²) in [5.74, 6) is 1.08. The zero-order valence-electron chi connectivity index (χ0n) is 15.1. The van der Waals surface area contributed by atoms with E-state index in [2.05, 4.69) is 10.6 Å². The Morgan fingerprint density at radius 1 is 1.15 bits per heavy atom. The third kappa shape index (κ3) is 5.49. The van der Waals surface area contributed by atoms with E-state index in [-0.39, 0.29) is 24.3 Å². The van der Waals surface area contributed by atoms with E-state index in [0.29, 0.717) is 47.8 Å². The SMILES string of the molecule is O=C(Cc1cc2c(cc1Cl)OCCO2)NC[C@@H]1CCC[C@H](NC(=O)CO)C1. The highest BCUT2D eigenvalue weighted by atomic mass is 35.5. The number of carbonyl (C=O) groups excluding carboxylic acids is 2. The number of hydrogen-bond donors (Lipinski definition) is 3. The molecular weight excluding hydrogens is 372 g/mol. The van der Waals surface area contributed by atoms with Gasteiger partial charge in [-0.1, -0.05) is 18.0 Å². The maximum atomic E-state index is 12.3. The van der Waals surface area contributed by atoms with Gasteiger partial charge < -0.3 is 25.2 Å². The van der Waals surface area contributed by atoms with Crippen molar-refractivity contribution in [2.45, 2.75) is 38.1 Å². The number of ether oxygens (including phenoxy) is 2. The van der Waals surface area contributed by atoms with Crippen LogP contribution in [0.2, 0.25) is 5.02 Å². The molecule has 1 aliphatic heterocycles. The fourth-order valence-electron chi connectivity index (χ4n) is 3.62. The largest absolute Gasteiger partial charge is 0.486 e. The molecular formula is C19H25ClN2O5. The monoisotopic (exact) mass is 396 g/mol. The highest BCUT2D eigenvalue weighted by Gasteiger charge is 2.24. The summed E-state index contributed by atoms with van der Waals surface area (Å²) in [5.41, 5.74) is 0.704. The van der Waals surface area contributed by atoms with Crippen LogP contribution in [0.15, 0.2) is 12.1 Å². The zero-order valence-corrected chi connectivity index (χ0v) is 15.9. The highest BCUT2D eigenvalue weighted by molar-refractivity contribution is 6.31. The summed E-state index contributed by atoms with van der Waals surface area (Å²) in [7, 11) is 0. The van der Waals surface area contributed by atoms with Crippen LogP contribution >= 0.6 is 11.6 Å². The van der Waals surface area contributed by atoms with E-state index in [1.807, 2.05) is 0 Å². The van der Waals surface area contributed by atoms with Gasteiger partial charge in [-0.15, -0.1) is 0 Å². The summed E-state index contributed by atoms with van der Waals surface area (Å²) in [6.07, 6.45) is 3.88. The number of aliphatic hydroxyl groups is 1. The topological polar surface area (TPSA) is 96.9 Å². The van der Waals surface area contributed by atoms with E-state index in [1.165, 1.54) is 0 Å². The van der Waals surface area contributed by atoms with Gasteiger partial charge in [0.2, 0.25) is 11.8 Å². The van der Waals surface area contributed by atoms with Crippen molar-refractivity contribution in [3.8, 4) is 11.5 Å². The molecule has 2 atom stereocenters. The van der Waals surface area contributed by atoms with Crippen molar-refractivity contribution >= 4 is 23.4 Å². The molecule has 1 saturated carbocycles. The molecule has 2 aliphatic rings. The molecule has 2 amide bonds. The number of amides is 2. The van der Waals surface area contributed by atoms with Gasteiger partial charge in [-0.3, -0.25) is 9.59 Å². The van der Waals surface area contributed by atoms with Gasteiger partial charge in [0.25, 0.3) is 0 Å². The van der Waals surface area contributed by atoms with Crippen LogP contribution in [0.1, 0.15) is 31.2 Å². The van der Waals surface area contributed by atoms with Crippen LogP contribution in [-0.2, 0) is 16.0 Å². The van der Waals surface area contributed by atoms with Crippen LogP contribution in [0, 0.1) is 5.92 Å². The number of rotatable bonds is 6. The lowest BCUT2D eigenvalue weighted by Gasteiger charge is -2.29. The maximum Gasteiger partial charge on any atom is 0.245 e. The van der Waals surface area contributed by atoms with E-state index in [1.54, 1.807) is 12.1 Å². The quantitative estimate of drug-likeness (QED) is 0.676. The van der Waals surface area contributed by atoms with Gasteiger partial charge in [0.15, 0.2) is 11.5 Å². The molecule has 0 spiro atoms. The summed E-state index contributed by atoms with van der Waals surface area (Å²) >= 11 is 6.26. The van der Waals surface area contributed by atoms with Crippen molar-refractivity contribution in [2.24, 2.45) is 5.92 Å². The van der Waals surface area contributed by atoms with Gasteiger partial charge in [0.05, 0.1) is 6.42 Å². The minimum absolute atomic E-state index is 0.0625. The third-order valence-electron chi connectivity index (χ3n) is 4.94. The maximum absolute atomic E-state index is 12.3. The normalized spacial score (nSPS) is 21.4. The first-order chi connectivity index (χ1) is 13.0. The molecule has 0 unspecified atom stereocenters. The number of carbonyl (C=O) groups is 2. The molecule has 0 radical (unpaired) electrons. The van der Waals surface area contributed by atoms with Gasteiger partial charge in [0.1, 0.15) is 19.8 Å². The average molecular weight is 397 g/mol. The van der Waals surface area contributed by atoms with Crippen LogP contribution < -0.4 is 20.1 Å². The highest BCUT2D eigenvalue weighted by Crippen LogP contribution is 2.35. The Labute approximate surface area is 163 Å². The van der Waals surface area contributed by atoms with Crippen LogP contribution in [-0.4, -0.2) is 49.3 Å². The lowest BCUT2D eigenvalue weighted by Crippen LogP contribution is -2.42. The van der Waals surface area contributed by atoms with Crippen molar-refractivity contribution < 1.29 is 24.2 Å². The Kier molecular flexibility index (Phi) is 6.79. The second-order valence-corrected chi connectivity index (χ2v) is 7.43. The summed E-state index contributed by atoms with van der Waals surface area (Å²) in [6.45, 7) is 1.04. The van der Waals surface area contributed by atoms with E-state index in [9.17, 15) is 9.59 Å². The Morgan fingerprint density at radius 2 is 1.89 bits per heavy atom. The molecule has 3 N–H and O–H groups in total. The number of hydrogen-bond acceptors (Lipinski definition) is 5. The van der Waals surface area contributed by atoms with E-state index >= 15 is 0 Å². The molecule has 1 aromatic rings. The molecule has 0 saturated heterocycles. The van der Waals surface area contributed by atoms with Crippen molar-refractivity contribution in [2.75, 3.05) is 26.4 Å². The molecule has 1 aliphatic carbocycles. The van der Waals surface area contributed by atoms with Crippen LogP contribution in [0.3, 0.4) is 0 Å². The fraction of sp³-hybridized carbons (Fsp3) is 0.579. The smallest absolute Gasteiger partial charge is 0.245 e. The summed E-state index contributed by atoms with van der Waals surface area (Å²) < 4.78 is 11.0. The summed E-state index contributed by atoms with van der Waals surface area (Å²) in [6, 6.07) is 3.51. The second-order valence-electron chi connectivity index (χ2n) is 7.02. The van der Waals surface area contributed by atoms with Crippen LogP contribution in [0.4, 0.5) is 0 Å². The van der Waals surface area contributed by atoms with Crippen molar-refractivity contribution in [1.29, 1.82) is 0 Å². The van der Waals surface area contributed by atoms with Gasteiger partial charge in [-0.25, -0.2) is 0 Å². The Balaban J connectivity index is 1.49. The number of aliphatic hydroxyl groups excluding tert-OH is 1. The van der Waals surface area contributed by atoms with Gasteiger partial charge in [-0.05, 0) is 36.8 Å². The number of nitrogens with one attached hydrogen (secondary N) is 2. The predicted octanol–water partition coefficient (Wildman–Crippen LogP) is 1.44.